The van der Waals surface area contributed by atoms with Gasteiger partial charge in [0.25, 0.3) is 0 Å². The lowest BCUT2D eigenvalue weighted by atomic mass is 10.1. The van der Waals surface area contributed by atoms with Crippen molar-refractivity contribution in [2.45, 2.75) is 32.7 Å². The van der Waals surface area contributed by atoms with E-state index in [1.165, 1.54) is 11.3 Å². The topological polar surface area (TPSA) is 38.0 Å². The Bertz CT molecular complexity index is 260. The maximum Gasteiger partial charge on any atom is 0.0340 e. The summed E-state index contributed by atoms with van der Waals surface area (Å²) in [6.45, 7) is 5.23. The minimum Gasteiger partial charge on any atom is -0.385 e. The van der Waals surface area contributed by atoms with Gasteiger partial charge < -0.3 is 11.1 Å². The lowest BCUT2D eigenvalue weighted by molar-refractivity contribution is 0.738. The largest absolute Gasteiger partial charge is 0.385 e. The van der Waals surface area contributed by atoms with Crippen LogP contribution in [0.2, 0.25) is 0 Å². The number of hydrogen-bond acceptors (Lipinski definition) is 2. The summed E-state index contributed by atoms with van der Waals surface area (Å²) in [7, 11) is 0. The second-order valence-electron chi connectivity index (χ2n) is 3.81. The van der Waals surface area contributed by atoms with Crippen molar-refractivity contribution in [3.63, 3.8) is 0 Å². The average molecular weight is 265 g/mol. The Balaban J connectivity index is 0. The molecule has 0 amide bonds. The number of rotatable bonds is 5. The van der Waals surface area contributed by atoms with Gasteiger partial charge in [-0.25, -0.2) is 0 Å². The molecular weight excluding hydrogens is 243 g/mol. The molecule has 3 N–H and O–H groups in total. The summed E-state index contributed by atoms with van der Waals surface area (Å²) in [6, 6.07) is 8.76. The lowest BCUT2D eigenvalue weighted by Gasteiger charge is -2.07. The third-order valence-electron chi connectivity index (χ3n) is 2.09. The summed E-state index contributed by atoms with van der Waals surface area (Å²) in [5.74, 6) is 0. The van der Waals surface area contributed by atoms with Crippen molar-refractivity contribution in [2.75, 3.05) is 11.9 Å². The van der Waals surface area contributed by atoms with E-state index >= 15 is 0 Å². The van der Waals surface area contributed by atoms with E-state index in [0.29, 0.717) is 0 Å². The fourth-order valence-electron chi connectivity index (χ4n) is 1.40. The molecule has 0 fully saturated rings. The van der Waals surface area contributed by atoms with Gasteiger partial charge in [0.2, 0.25) is 0 Å². The molecule has 1 atom stereocenters. The Hall–Kier alpha value is -0.440. The standard InChI is InChI=1S/C12H20N2.2ClH/c1-3-8-14-12-6-4-11(5-7-12)9-10(2)13;;/h4-7,10,14H,3,8-9,13H2,1-2H3;2*1H. The summed E-state index contributed by atoms with van der Waals surface area (Å²) in [6.07, 6.45) is 2.11. The molecule has 1 aromatic rings. The average Bonchev–Trinajstić information content (AvgIpc) is 2.16. The van der Waals surface area contributed by atoms with Gasteiger partial charge in [0.1, 0.15) is 0 Å². The van der Waals surface area contributed by atoms with Crippen molar-refractivity contribution in [3.8, 4) is 0 Å². The Morgan fingerprint density at radius 1 is 1.19 bits per heavy atom. The highest BCUT2D eigenvalue weighted by atomic mass is 35.5. The van der Waals surface area contributed by atoms with Crippen LogP contribution < -0.4 is 11.1 Å². The summed E-state index contributed by atoms with van der Waals surface area (Å²) in [5.41, 5.74) is 8.23. The fraction of sp³-hybridized carbons (Fsp3) is 0.500. The molecule has 0 radical (unpaired) electrons. The van der Waals surface area contributed by atoms with Gasteiger partial charge in [-0.05, 0) is 37.5 Å². The van der Waals surface area contributed by atoms with Gasteiger partial charge in [0, 0.05) is 18.3 Å². The van der Waals surface area contributed by atoms with E-state index in [2.05, 4.69) is 36.5 Å². The van der Waals surface area contributed by atoms with Gasteiger partial charge in [-0.15, -0.1) is 24.8 Å². The van der Waals surface area contributed by atoms with Crippen LogP contribution in [0, 0.1) is 0 Å². The predicted molar refractivity (Wildman–Crippen MR) is 77.1 cm³/mol. The van der Waals surface area contributed by atoms with Crippen LogP contribution in [-0.2, 0) is 6.42 Å². The van der Waals surface area contributed by atoms with Crippen LogP contribution in [0.1, 0.15) is 25.8 Å². The summed E-state index contributed by atoms with van der Waals surface area (Å²) in [5, 5.41) is 3.34. The maximum atomic E-state index is 5.73. The van der Waals surface area contributed by atoms with Crippen molar-refractivity contribution in [1.82, 2.24) is 0 Å². The molecule has 0 heterocycles. The number of benzene rings is 1. The van der Waals surface area contributed by atoms with Crippen molar-refractivity contribution in [2.24, 2.45) is 5.73 Å². The van der Waals surface area contributed by atoms with Gasteiger partial charge in [0.05, 0.1) is 0 Å². The van der Waals surface area contributed by atoms with Crippen molar-refractivity contribution in [3.05, 3.63) is 29.8 Å². The van der Waals surface area contributed by atoms with Crippen molar-refractivity contribution in [1.29, 1.82) is 0 Å². The molecule has 0 aliphatic carbocycles. The zero-order chi connectivity index (χ0) is 10.4. The normalized spacial score (nSPS) is 10.9. The van der Waals surface area contributed by atoms with Crippen LogP contribution in [-0.4, -0.2) is 12.6 Å². The Morgan fingerprint density at radius 2 is 1.75 bits per heavy atom. The molecule has 0 saturated carbocycles. The highest BCUT2D eigenvalue weighted by molar-refractivity contribution is 5.85. The molecular formula is C12H22Cl2N2. The lowest BCUT2D eigenvalue weighted by Crippen LogP contribution is -2.17. The van der Waals surface area contributed by atoms with E-state index < -0.39 is 0 Å². The van der Waals surface area contributed by atoms with Crippen LogP contribution in [0.5, 0.6) is 0 Å². The van der Waals surface area contributed by atoms with Gasteiger partial charge in [-0.1, -0.05) is 19.1 Å². The minimum atomic E-state index is 0. The second kappa shape index (κ2) is 9.76. The summed E-state index contributed by atoms with van der Waals surface area (Å²) < 4.78 is 0. The predicted octanol–water partition coefficient (Wildman–Crippen LogP) is 3.24. The SMILES string of the molecule is CCCNc1ccc(CC(C)N)cc1.Cl.Cl. The minimum absolute atomic E-state index is 0. The zero-order valence-corrected chi connectivity index (χ0v) is 11.5. The molecule has 0 spiro atoms. The van der Waals surface area contributed by atoms with Gasteiger partial charge >= 0.3 is 0 Å². The summed E-state index contributed by atoms with van der Waals surface area (Å²) in [4.78, 5) is 0. The first-order chi connectivity index (χ1) is 6.72. The Kier molecular flexibility index (Phi) is 10.9. The maximum absolute atomic E-state index is 5.73. The molecule has 0 aromatic heterocycles. The number of anilines is 1. The smallest absolute Gasteiger partial charge is 0.0340 e. The molecule has 94 valence electrons. The highest BCUT2D eigenvalue weighted by Gasteiger charge is 1.97. The molecule has 1 aromatic carbocycles. The van der Waals surface area contributed by atoms with E-state index in [1.807, 2.05) is 6.92 Å². The van der Waals surface area contributed by atoms with Gasteiger partial charge in [-0.2, -0.15) is 0 Å². The van der Waals surface area contributed by atoms with Gasteiger partial charge in [0.15, 0.2) is 0 Å². The molecule has 1 rings (SSSR count). The third-order valence-corrected chi connectivity index (χ3v) is 2.09. The number of halogens is 2. The van der Waals surface area contributed by atoms with Crippen LogP contribution in [0.3, 0.4) is 0 Å². The van der Waals surface area contributed by atoms with E-state index in [1.54, 1.807) is 0 Å². The first kappa shape index (κ1) is 17.9. The van der Waals surface area contributed by atoms with Crippen LogP contribution in [0.4, 0.5) is 5.69 Å². The number of nitrogens with two attached hydrogens (primary N) is 1. The zero-order valence-electron chi connectivity index (χ0n) is 9.90. The van der Waals surface area contributed by atoms with Crippen LogP contribution in [0.15, 0.2) is 24.3 Å². The molecule has 0 saturated heterocycles. The molecule has 0 aliphatic heterocycles. The molecule has 4 heteroatoms. The highest BCUT2D eigenvalue weighted by Crippen LogP contribution is 2.10. The first-order valence-electron chi connectivity index (χ1n) is 5.30. The van der Waals surface area contributed by atoms with Gasteiger partial charge in [-0.3, -0.25) is 0 Å². The fourth-order valence-corrected chi connectivity index (χ4v) is 1.40. The van der Waals surface area contributed by atoms with Crippen molar-refractivity contribution < 1.29 is 0 Å². The van der Waals surface area contributed by atoms with Crippen molar-refractivity contribution >= 4 is 30.5 Å². The molecule has 16 heavy (non-hydrogen) atoms. The molecule has 2 nitrogen and oxygen atoms in total. The van der Waals surface area contributed by atoms with E-state index in [-0.39, 0.29) is 30.9 Å². The quantitative estimate of drug-likeness (QED) is 0.857. The number of hydrogen-bond donors (Lipinski definition) is 2. The molecule has 0 aliphatic rings. The summed E-state index contributed by atoms with van der Waals surface area (Å²) >= 11 is 0. The van der Waals surface area contributed by atoms with Crippen LogP contribution in [0.25, 0.3) is 0 Å². The number of nitrogens with one attached hydrogen (secondary N) is 1. The molecule has 1 unspecified atom stereocenters. The van der Waals surface area contributed by atoms with E-state index in [9.17, 15) is 0 Å². The second-order valence-corrected chi connectivity index (χ2v) is 3.81. The van der Waals surface area contributed by atoms with E-state index in [0.717, 1.165) is 19.4 Å². The third kappa shape index (κ3) is 6.94. The Morgan fingerprint density at radius 3 is 2.19 bits per heavy atom. The Labute approximate surface area is 111 Å². The monoisotopic (exact) mass is 264 g/mol. The van der Waals surface area contributed by atoms with E-state index in [4.69, 9.17) is 5.73 Å². The molecule has 0 bridgehead atoms. The first-order valence-corrected chi connectivity index (χ1v) is 5.30. The van der Waals surface area contributed by atoms with Crippen LogP contribution >= 0.6 is 24.8 Å².